The molecule has 0 saturated carbocycles. The van der Waals surface area contributed by atoms with Gasteiger partial charge in [0.15, 0.2) is 5.70 Å². The first kappa shape index (κ1) is 18.3. The number of benzene rings is 4. The lowest BCUT2D eigenvalue weighted by Gasteiger charge is -2.08. The highest BCUT2D eigenvalue weighted by molar-refractivity contribution is 6.15. The fourth-order valence-corrected chi connectivity index (χ4v) is 3.88. The second-order valence-electron chi connectivity index (χ2n) is 7.85. The molecule has 1 heterocycles. The highest BCUT2D eigenvalue weighted by atomic mass is 16.6. The van der Waals surface area contributed by atoms with Crippen molar-refractivity contribution in [3.05, 3.63) is 101 Å². The van der Waals surface area contributed by atoms with Crippen molar-refractivity contribution >= 4 is 39.5 Å². The number of rotatable bonds is 3. The van der Waals surface area contributed by atoms with Gasteiger partial charge in [0.1, 0.15) is 0 Å². The number of ether oxygens (including phenoxy) is 1. The van der Waals surface area contributed by atoms with Gasteiger partial charge < -0.3 is 4.74 Å². The van der Waals surface area contributed by atoms with Crippen molar-refractivity contribution in [2.45, 2.75) is 19.8 Å². The maximum absolute atomic E-state index is 12.6. The number of hydrogen-bond donors (Lipinski definition) is 0. The molecule has 146 valence electrons. The summed E-state index contributed by atoms with van der Waals surface area (Å²) in [7, 11) is 0. The number of cyclic esters (lactones) is 1. The van der Waals surface area contributed by atoms with Crippen LogP contribution in [0.15, 0.2) is 89.6 Å². The normalized spacial score (nSPS) is 15.2. The number of fused-ring (bicyclic) bond motifs is 2. The predicted octanol–water partition coefficient (Wildman–Crippen LogP) is 6.46. The van der Waals surface area contributed by atoms with Crippen molar-refractivity contribution in [2.24, 2.45) is 4.99 Å². The first-order valence-electron chi connectivity index (χ1n) is 10.1. The lowest BCUT2D eigenvalue weighted by Crippen LogP contribution is -2.05. The van der Waals surface area contributed by atoms with Crippen molar-refractivity contribution in [1.82, 2.24) is 0 Å². The van der Waals surface area contributed by atoms with Gasteiger partial charge in [0.05, 0.1) is 0 Å². The van der Waals surface area contributed by atoms with Crippen LogP contribution in [-0.4, -0.2) is 11.9 Å². The largest absolute Gasteiger partial charge is 0.402 e. The van der Waals surface area contributed by atoms with E-state index < -0.39 is 5.97 Å². The number of esters is 1. The van der Waals surface area contributed by atoms with Gasteiger partial charge in [-0.05, 0) is 62.9 Å². The van der Waals surface area contributed by atoms with Gasteiger partial charge in [0.25, 0.3) is 0 Å². The fourth-order valence-electron chi connectivity index (χ4n) is 3.88. The molecule has 1 aliphatic heterocycles. The molecule has 3 heteroatoms. The van der Waals surface area contributed by atoms with Gasteiger partial charge in [-0.25, -0.2) is 9.79 Å². The van der Waals surface area contributed by atoms with Crippen molar-refractivity contribution in [3.63, 3.8) is 0 Å². The molecule has 0 N–H and O–H groups in total. The molecular weight excluding hydrogens is 370 g/mol. The minimum Gasteiger partial charge on any atom is -0.402 e. The monoisotopic (exact) mass is 391 g/mol. The number of aliphatic imine (C=N–C) groups is 1. The van der Waals surface area contributed by atoms with E-state index in [4.69, 9.17) is 4.74 Å². The molecule has 4 aromatic carbocycles. The molecule has 5 rings (SSSR count). The van der Waals surface area contributed by atoms with E-state index in [1.54, 1.807) is 0 Å². The first-order chi connectivity index (χ1) is 14.6. The van der Waals surface area contributed by atoms with Gasteiger partial charge in [-0.3, -0.25) is 0 Å². The molecule has 30 heavy (non-hydrogen) atoms. The smallest absolute Gasteiger partial charge is 0.363 e. The Kier molecular flexibility index (Phi) is 4.44. The molecule has 0 aromatic heterocycles. The van der Waals surface area contributed by atoms with Gasteiger partial charge in [-0.15, -0.1) is 0 Å². The highest BCUT2D eigenvalue weighted by Crippen LogP contribution is 2.31. The summed E-state index contributed by atoms with van der Waals surface area (Å²) in [6.45, 7) is 4.30. The number of carbonyl (C=O) groups is 1. The Bertz CT molecular complexity index is 1290. The summed E-state index contributed by atoms with van der Waals surface area (Å²) < 4.78 is 5.50. The number of hydrogen-bond acceptors (Lipinski definition) is 3. The lowest BCUT2D eigenvalue weighted by atomic mass is 9.96. The molecule has 0 aliphatic carbocycles. The molecule has 0 bridgehead atoms. The summed E-state index contributed by atoms with van der Waals surface area (Å²) in [6, 6.07) is 26.6. The number of carbonyl (C=O) groups excluding carboxylic acids is 1. The quantitative estimate of drug-likeness (QED) is 0.228. The summed E-state index contributed by atoms with van der Waals surface area (Å²) >= 11 is 0. The molecule has 4 aromatic rings. The van der Waals surface area contributed by atoms with Gasteiger partial charge >= 0.3 is 5.97 Å². The van der Waals surface area contributed by atoms with Crippen LogP contribution in [0.1, 0.15) is 36.5 Å². The van der Waals surface area contributed by atoms with Crippen LogP contribution in [0.5, 0.6) is 0 Å². The average molecular weight is 391 g/mol. The maximum atomic E-state index is 12.6. The van der Waals surface area contributed by atoms with Gasteiger partial charge in [0.2, 0.25) is 5.90 Å². The molecule has 3 nitrogen and oxygen atoms in total. The molecule has 0 saturated heterocycles. The van der Waals surface area contributed by atoms with Gasteiger partial charge in [-0.2, -0.15) is 0 Å². The Hall–Kier alpha value is -3.72. The first-order valence-corrected chi connectivity index (χ1v) is 10.1. The van der Waals surface area contributed by atoms with Gasteiger partial charge in [0, 0.05) is 5.56 Å². The van der Waals surface area contributed by atoms with Crippen LogP contribution in [0.4, 0.5) is 0 Å². The van der Waals surface area contributed by atoms with E-state index in [1.165, 1.54) is 5.56 Å². The second kappa shape index (κ2) is 7.27. The SMILES string of the molecule is CC(C)c1ccc(C2=N/C(=C\c3c4ccccc4cc4ccccc34)C(=O)O2)cc1. The minimum atomic E-state index is -0.421. The van der Waals surface area contributed by atoms with E-state index in [2.05, 4.69) is 61.3 Å². The van der Waals surface area contributed by atoms with Crippen LogP contribution in [0.2, 0.25) is 0 Å². The molecule has 0 atom stereocenters. The fraction of sp³-hybridized carbons (Fsp3) is 0.111. The summed E-state index contributed by atoms with van der Waals surface area (Å²) in [4.78, 5) is 17.1. The highest BCUT2D eigenvalue weighted by Gasteiger charge is 2.24. The van der Waals surface area contributed by atoms with Gasteiger partial charge in [-0.1, -0.05) is 74.5 Å². The topological polar surface area (TPSA) is 38.7 Å². The Morgan fingerprint density at radius 2 is 1.43 bits per heavy atom. The zero-order valence-electron chi connectivity index (χ0n) is 16.9. The summed E-state index contributed by atoms with van der Waals surface area (Å²) in [5.41, 5.74) is 3.34. The second-order valence-corrected chi connectivity index (χ2v) is 7.85. The summed E-state index contributed by atoms with van der Waals surface area (Å²) in [5.74, 6) is 0.378. The lowest BCUT2D eigenvalue weighted by molar-refractivity contribution is -0.129. The van der Waals surface area contributed by atoms with Crippen LogP contribution < -0.4 is 0 Å². The van der Waals surface area contributed by atoms with Crippen LogP contribution in [0, 0.1) is 0 Å². The van der Waals surface area contributed by atoms with Crippen molar-refractivity contribution in [2.75, 3.05) is 0 Å². The third kappa shape index (κ3) is 3.18. The molecule has 0 spiro atoms. The van der Waals surface area contributed by atoms with Crippen LogP contribution in [0.3, 0.4) is 0 Å². The summed E-state index contributed by atoms with van der Waals surface area (Å²) in [5, 5.41) is 4.42. The van der Waals surface area contributed by atoms with E-state index in [9.17, 15) is 4.79 Å². The summed E-state index contributed by atoms with van der Waals surface area (Å²) in [6.07, 6.45) is 1.85. The van der Waals surface area contributed by atoms with Crippen LogP contribution in [0.25, 0.3) is 27.6 Å². The average Bonchev–Trinajstić information content (AvgIpc) is 3.14. The maximum Gasteiger partial charge on any atom is 0.363 e. The third-order valence-corrected chi connectivity index (χ3v) is 5.54. The molecule has 0 amide bonds. The van der Waals surface area contributed by atoms with E-state index in [-0.39, 0.29) is 0 Å². The zero-order valence-corrected chi connectivity index (χ0v) is 16.9. The molecule has 0 radical (unpaired) electrons. The Balaban J connectivity index is 1.64. The number of nitrogens with zero attached hydrogens (tertiary/aromatic N) is 1. The Labute approximate surface area is 175 Å². The van der Waals surface area contributed by atoms with E-state index >= 15 is 0 Å². The third-order valence-electron chi connectivity index (χ3n) is 5.54. The molecule has 1 aliphatic rings. The minimum absolute atomic E-state index is 0.319. The van der Waals surface area contributed by atoms with E-state index in [0.29, 0.717) is 17.5 Å². The van der Waals surface area contributed by atoms with Crippen molar-refractivity contribution in [3.8, 4) is 0 Å². The van der Waals surface area contributed by atoms with Crippen LogP contribution >= 0.6 is 0 Å². The van der Waals surface area contributed by atoms with Crippen LogP contribution in [-0.2, 0) is 9.53 Å². The zero-order chi connectivity index (χ0) is 20.7. The Morgan fingerprint density at radius 1 is 0.833 bits per heavy atom. The predicted molar refractivity (Wildman–Crippen MR) is 123 cm³/mol. The molecule has 0 unspecified atom stereocenters. The Morgan fingerprint density at radius 3 is 2.03 bits per heavy atom. The van der Waals surface area contributed by atoms with E-state index in [0.717, 1.165) is 32.7 Å². The standard InChI is InChI=1S/C27H21NO2/c1-17(2)18-11-13-19(14-12-18)26-28-25(27(29)30-26)16-24-22-9-5-3-7-20(22)15-21-8-4-6-10-23(21)24/h3-17H,1-2H3/b25-16-. The molecular formula is C27H21NO2. The van der Waals surface area contributed by atoms with E-state index in [1.807, 2.05) is 42.5 Å². The van der Waals surface area contributed by atoms with Crippen molar-refractivity contribution < 1.29 is 9.53 Å². The molecule has 0 fully saturated rings. The van der Waals surface area contributed by atoms with Crippen molar-refractivity contribution in [1.29, 1.82) is 0 Å².